The van der Waals surface area contributed by atoms with Crippen LogP contribution in [0.3, 0.4) is 0 Å². The summed E-state index contributed by atoms with van der Waals surface area (Å²) in [6, 6.07) is 4.93. The fraction of sp³-hybridized carbons (Fsp3) is 0.300. The third kappa shape index (κ3) is 2.75. The molecule has 2 aromatic rings. The normalized spacial score (nSPS) is 11.9. The molecule has 0 fully saturated rings. The van der Waals surface area contributed by atoms with E-state index in [0.717, 1.165) is 0 Å². The molecule has 92 valence electrons. The maximum atomic E-state index is 11.5. The molecule has 0 bridgehead atoms. The van der Waals surface area contributed by atoms with Crippen LogP contribution >= 0.6 is 0 Å². The van der Waals surface area contributed by atoms with Crippen LogP contribution in [0.5, 0.6) is 0 Å². The van der Waals surface area contributed by atoms with E-state index in [1.165, 1.54) is 0 Å². The number of rotatable bonds is 4. The van der Waals surface area contributed by atoms with Crippen LogP contribution in [0.25, 0.3) is 11.1 Å². The molecule has 1 aromatic heterocycles. The summed E-state index contributed by atoms with van der Waals surface area (Å²) in [4.78, 5) is 4.12. The van der Waals surface area contributed by atoms with Crippen LogP contribution < -0.4 is 10.5 Å². The van der Waals surface area contributed by atoms with E-state index in [0.29, 0.717) is 22.7 Å². The van der Waals surface area contributed by atoms with Crippen LogP contribution in [0, 0.1) is 6.92 Å². The molecule has 0 amide bonds. The van der Waals surface area contributed by atoms with Crippen molar-refractivity contribution in [2.45, 2.75) is 6.92 Å². The zero-order valence-corrected chi connectivity index (χ0v) is 10.1. The molecular formula is C10H13N3O3S. The van der Waals surface area contributed by atoms with Crippen LogP contribution in [0.15, 0.2) is 22.6 Å². The molecule has 1 aromatic carbocycles. The maximum absolute atomic E-state index is 11.5. The summed E-state index contributed by atoms with van der Waals surface area (Å²) in [5, 5.41) is 0. The van der Waals surface area contributed by atoms with E-state index in [2.05, 4.69) is 9.71 Å². The van der Waals surface area contributed by atoms with Crippen LogP contribution in [-0.4, -0.2) is 25.7 Å². The van der Waals surface area contributed by atoms with E-state index in [1.54, 1.807) is 25.1 Å². The van der Waals surface area contributed by atoms with Crippen LogP contribution in [0.1, 0.15) is 5.89 Å². The average Bonchev–Trinajstić information content (AvgIpc) is 2.56. The molecular weight excluding hydrogens is 242 g/mol. The molecule has 1 heterocycles. The highest BCUT2D eigenvalue weighted by Gasteiger charge is 2.10. The first kappa shape index (κ1) is 11.9. The fourth-order valence-corrected chi connectivity index (χ4v) is 2.39. The van der Waals surface area contributed by atoms with Crippen LogP contribution in [0.2, 0.25) is 0 Å². The summed E-state index contributed by atoms with van der Waals surface area (Å²) >= 11 is 0. The Morgan fingerprint density at radius 3 is 2.94 bits per heavy atom. The number of benzene rings is 1. The molecule has 2 rings (SSSR count). The molecule has 0 saturated carbocycles. The Bertz CT molecular complexity index is 633. The lowest BCUT2D eigenvalue weighted by Gasteiger charge is -2.05. The standard InChI is InChI=1S/C10H13N3O3S/c1-7-12-9-6-8(2-3-10(9)16-7)13-17(14,15)5-4-11/h2-3,6,13H,4-5,11H2,1H3. The van der Waals surface area contributed by atoms with Gasteiger partial charge in [0.1, 0.15) is 5.52 Å². The van der Waals surface area contributed by atoms with Crippen molar-refractivity contribution >= 4 is 26.8 Å². The number of hydrogen-bond acceptors (Lipinski definition) is 5. The third-order valence-corrected chi connectivity index (χ3v) is 3.47. The molecule has 0 aliphatic carbocycles. The lowest BCUT2D eigenvalue weighted by atomic mass is 10.3. The molecule has 0 radical (unpaired) electrons. The Labute approximate surface area is 98.9 Å². The van der Waals surface area contributed by atoms with Gasteiger partial charge in [-0.1, -0.05) is 0 Å². The second kappa shape index (κ2) is 4.34. The second-order valence-electron chi connectivity index (χ2n) is 3.62. The molecule has 0 aliphatic rings. The number of oxazole rings is 1. The Morgan fingerprint density at radius 1 is 1.47 bits per heavy atom. The minimum absolute atomic E-state index is 0.0840. The summed E-state index contributed by atoms with van der Waals surface area (Å²) in [5.74, 6) is 0.435. The second-order valence-corrected chi connectivity index (χ2v) is 5.47. The zero-order valence-electron chi connectivity index (χ0n) is 9.30. The highest BCUT2D eigenvalue weighted by molar-refractivity contribution is 7.92. The van der Waals surface area contributed by atoms with Gasteiger partial charge in [0.25, 0.3) is 0 Å². The van der Waals surface area contributed by atoms with Gasteiger partial charge in [0.15, 0.2) is 11.5 Å². The maximum Gasteiger partial charge on any atom is 0.233 e. The summed E-state index contributed by atoms with van der Waals surface area (Å²) in [6.07, 6.45) is 0. The molecule has 0 spiro atoms. The van der Waals surface area contributed by atoms with E-state index in [4.69, 9.17) is 10.2 Å². The van der Waals surface area contributed by atoms with E-state index in [1.807, 2.05) is 0 Å². The minimum Gasteiger partial charge on any atom is -0.441 e. The van der Waals surface area contributed by atoms with E-state index >= 15 is 0 Å². The predicted octanol–water partition coefficient (Wildman–Crippen LogP) is 0.837. The number of hydrogen-bond donors (Lipinski definition) is 2. The van der Waals surface area contributed by atoms with E-state index in [-0.39, 0.29) is 12.3 Å². The Morgan fingerprint density at radius 2 is 2.24 bits per heavy atom. The predicted molar refractivity (Wildman–Crippen MR) is 65.2 cm³/mol. The van der Waals surface area contributed by atoms with Gasteiger partial charge >= 0.3 is 0 Å². The number of nitrogens with one attached hydrogen (secondary N) is 1. The Balaban J connectivity index is 2.31. The average molecular weight is 255 g/mol. The van der Waals surface area contributed by atoms with Crippen LogP contribution in [0.4, 0.5) is 5.69 Å². The number of aromatic nitrogens is 1. The SMILES string of the molecule is Cc1nc2cc(NS(=O)(=O)CCN)ccc2o1. The first-order chi connectivity index (χ1) is 8.00. The minimum atomic E-state index is -3.38. The van der Waals surface area contributed by atoms with Crippen LogP contribution in [-0.2, 0) is 10.0 Å². The Kier molecular flexibility index (Phi) is 3.03. The molecule has 0 atom stereocenters. The lowest BCUT2D eigenvalue weighted by Crippen LogP contribution is -2.22. The molecule has 0 unspecified atom stereocenters. The van der Waals surface area contributed by atoms with Crippen molar-refractivity contribution in [2.24, 2.45) is 5.73 Å². The van der Waals surface area contributed by atoms with Crippen molar-refractivity contribution in [3.63, 3.8) is 0 Å². The molecule has 7 heteroatoms. The first-order valence-corrected chi connectivity index (χ1v) is 6.73. The quantitative estimate of drug-likeness (QED) is 0.843. The highest BCUT2D eigenvalue weighted by Crippen LogP contribution is 2.20. The molecule has 0 saturated heterocycles. The van der Waals surface area contributed by atoms with Gasteiger partial charge in [-0.2, -0.15) is 0 Å². The molecule has 6 nitrogen and oxygen atoms in total. The molecule has 17 heavy (non-hydrogen) atoms. The van der Waals surface area contributed by atoms with E-state index < -0.39 is 10.0 Å². The number of nitrogens with two attached hydrogens (primary N) is 1. The zero-order chi connectivity index (χ0) is 12.5. The topological polar surface area (TPSA) is 98.2 Å². The summed E-state index contributed by atoms with van der Waals surface area (Å²) in [7, 11) is -3.38. The number of anilines is 1. The highest BCUT2D eigenvalue weighted by atomic mass is 32.2. The smallest absolute Gasteiger partial charge is 0.233 e. The number of aryl methyl sites for hydroxylation is 1. The van der Waals surface area contributed by atoms with Gasteiger partial charge in [-0.3, -0.25) is 4.72 Å². The molecule has 0 aliphatic heterocycles. The van der Waals surface area contributed by atoms with Crippen molar-refractivity contribution in [3.05, 3.63) is 24.1 Å². The lowest BCUT2D eigenvalue weighted by molar-refractivity contribution is 0.561. The van der Waals surface area contributed by atoms with E-state index in [9.17, 15) is 8.42 Å². The monoisotopic (exact) mass is 255 g/mol. The molecule has 3 N–H and O–H groups in total. The van der Waals surface area contributed by atoms with Crippen molar-refractivity contribution < 1.29 is 12.8 Å². The van der Waals surface area contributed by atoms with Gasteiger partial charge < -0.3 is 10.2 Å². The van der Waals surface area contributed by atoms with Gasteiger partial charge in [0, 0.05) is 13.5 Å². The van der Waals surface area contributed by atoms with Crippen molar-refractivity contribution in [1.82, 2.24) is 4.98 Å². The Hall–Kier alpha value is -1.60. The third-order valence-electron chi connectivity index (χ3n) is 2.15. The summed E-state index contributed by atoms with van der Waals surface area (Å²) in [5.41, 5.74) is 6.92. The van der Waals surface area contributed by atoms with Gasteiger partial charge in [-0.05, 0) is 18.2 Å². The van der Waals surface area contributed by atoms with Crippen molar-refractivity contribution in [2.75, 3.05) is 17.0 Å². The number of fused-ring (bicyclic) bond motifs is 1. The first-order valence-electron chi connectivity index (χ1n) is 5.08. The summed E-state index contributed by atoms with van der Waals surface area (Å²) in [6.45, 7) is 1.82. The van der Waals surface area contributed by atoms with Gasteiger partial charge in [-0.15, -0.1) is 0 Å². The van der Waals surface area contributed by atoms with Gasteiger partial charge in [-0.25, -0.2) is 13.4 Å². The fourth-order valence-electron chi connectivity index (χ4n) is 1.49. The number of sulfonamides is 1. The van der Waals surface area contributed by atoms with Crippen molar-refractivity contribution in [3.8, 4) is 0 Å². The summed E-state index contributed by atoms with van der Waals surface area (Å²) < 4.78 is 30.7. The van der Waals surface area contributed by atoms with Gasteiger partial charge in [0.05, 0.1) is 11.4 Å². The largest absolute Gasteiger partial charge is 0.441 e. The van der Waals surface area contributed by atoms with Gasteiger partial charge in [0.2, 0.25) is 10.0 Å². The number of nitrogens with zero attached hydrogens (tertiary/aromatic N) is 1. The van der Waals surface area contributed by atoms with Crippen molar-refractivity contribution in [1.29, 1.82) is 0 Å².